The SMILES string of the molecule is Cc1ccc(S(=O)(=O)Oc2ccc(CC(CC(=O)OCc3ccccc3)NC(=O)OCC3c4ccccc4-c4ccccc43)cc2)cc1. The van der Waals surface area contributed by atoms with Gasteiger partial charge in [0.15, 0.2) is 0 Å². The van der Waals surface area contributed by atoms with Gasteiger partial charge in [-0.25, -0.2) is 4.79 Å². The van der Waals surface area contributed by atoms with Gasteiger partial charge in [0.2, 0.25) is 0 Å². The lowest BCUT2D eigenvalue weighted by molar-refractivity contribution is -0.145. The monoisotopic (exact) mass is 661 g/mol. The highest BCUT2D eigenvalue weighted by molar-refractivity contribution is 7.87. The van der Waals surface area contributed by atoms with Crippen molar-refractivity contribution in [2.45, 2.75) is 43.2 Å². The Morgan fingerprint density at radius 1 is 0.708 bits per heavy atom. The predicted molar refractivity (Wildman–Crippen MR) is 182 cm³/mol. The first-order valence-corrected chi connectivity index (χ1v) is 17.1. The number of carbonyl (C=O) groups is 2. The summed E-state index contributed by atoms with van der Waals surface area (Å²) in [5.41, 5.74) is 6.97. The van der Waals surface area contributed by atoms with Gasteiger partial charge in [0.1, 0.15) is 23.9 Å². The first-order chi connectivity index (χ1) is 23.2. The van der Waals surface area contributed by atoms with Gasteiger partial charge in [-0.1, -0.05) is 109 Å². The summed E-state index contributed by atoms with van der Waals surface area (Å²) in [6.07, 6.45) is -0.492. The van der Waals surface area contributed by atoms with Crippen LogP contribution in [0.25, 0.3) is 11.1 Å². The summed E-state index contributed by atoms with van der Waals surface area (Å²) in [6, 6.07) is 37.7. The summed E-state index contributed by atoms with van der Waals surface area (Å²) in [5, 5.41) is 2.86. The van der Waals surface area contributed by atoms with Crippen molar-refractivity contribution in [3.63, 3.8) is 0 Å². The number of hydrogen-bond acceptors (Lipinski definition) is 7. The Balaban J connectivity index is 1.12. The molecule has 5 aromatic rings. The molecule has 0 saturated carbocycles. The quantitative estimate of drug-likeness (QED) is 0.110. The first kappa shape index (κ1) is 32.5. The van der Waals surface area contributed by atoms with Gasteiger partial charge in [0.25, 0.3) is 0 Å². The third kappa shape index (κ3) is 7.93. The Morgan fingerprint density at radius 3 is 1.96 bits per heavy atom. The Bertz CT molecular complexity index is 1950. The van der Waals surface area contributed by atoms with E-state index in [0.29, 0.717) is 0 Å². The van der Waals surface area contributed by atoms with Crippen molar-refractivity contribution in [1.29, 1.82) is 0 Å². The van der Waals surface area contributed by atoms with Gasteiger partial charge < -0.3 is 19.0 Å². The molecule has 0 spiro atoms. The van der Waals surface area contributed by atoms with E-state index >= 15 is 0 Å². The van der Waals surface area contributed by atoms with E-state index in [2.05, 4.69) is 17.4 Å². The molecule has 1 aliphatic rings. The molecule has 8 nitrogen and oxygen atoms in total. The van der Waals surface area contributed by atoms with Crippen molar-refractivity contribution >= 4 is 22.2 Å². The third-order valence-electron chi connectivity index (χ3n) is 8.24. The van der Waals surface area contributed by atoms with E-state index < -0.39 is 28.2 Å². The molecule has 0 heterocycles. The number of hydrogen-bond donors (Lipinski definition) is 1. The number of esters is 1. The molecule has 0 aromatic heterocycles. The Morgan fingerprint density at radius 2 is 1.31 bits per heavy atom. The second kappa shape index (κ2) is 14.6. The minimum atomic E-state index is -4.01. The van der Waals surface area contributed by atoms with E-state index in [0.717, 1.165) is 38.9 Å². The molecule has 1 atom stereocenters. The predicted octanol–water partition coefficient (Wildman–Crippen LogP) is 7.35. The minimum absolute atomic E-state index is 0.0542. The van der Waals surface area contributed by atoms with E-state index in [1.54, 1.807) is 36.4 Å². The van der Waals surface area contributed by atoms with Crippen LogP contribution < -0.4 is 9.50 Å². The van der Waals surface area contributed by atoms with Crippen LogP contribution in [0.2, 0.25) is 0 Å². The van der Waals surface area contributed by atoms with Crippen LogP contribution in [0.4, 0.5) is 4.79 Å². The van der Waals surface area contributed by atoms with Crippen molar-refractivity contribution in [1.82, 2.24) is 5.32 Å². The molecule has 1 N–H and O–H groups in total. The summed E-state index contributed by atoms with van der Waals surface area (Å²) >= 11 is 0. The zero-order chi connectivity index (χ0) is 33.5. The van der Waals surface area contributed by atoms with Crippen LogP contribution in [0.5, 0.6) is 5.75 Å². The van der Waals surface area contributed by atoms with Crippen molar-refractivity contribution < 1.29 is 31.7 Å². The van der Waals surface area contributed by atoms with Gasteiger partial charge in [0, 0.05) is 12.0 Å². The van der Waals surface area contributed by atoms with Crippen LogP contribution in [-0.4, -0.2) is 33.1 Å². The summed E-state index contributed by atoms with van der Waals surface area (Å²) in [4.78, 5) is 26.1. The fourth-order valence-corrected chi connectivity index (χ4v) is 6.75. The van der Waals surface area contributed by atoms with Crippen LogP contribution in [0.1, 0.15) is 40.2 Å². The lowest BCUT2D eigenvalue weighted by Crippen LogP contribution is -2.39. The van der Waals surface area contributed by atoms with Gasteiger partial charge in [-0.05, 0) is 71.0 Å². The lowest BCUT2D eigenvalue weighted by Gasteiger charge is -2.20. The van der Waals surface area contributed by atoms with Crippen molar-refractivity contribution in [3.8, 4) is 16.9 Å². The molecule has 5 aromatic carbocycles. The molecule has 0 fully saturated rings. The van der Waals surface area contributed by atoms with Crippen LogP contribution in [0.3, 0.4) is 0 Å². The van der Waals surface area contributed by atoms with E-state index in [1.165, 1.54) is 12.1 Å². The zero-order valence-corrected chi connectivity index (χ0v) is 27.2. The van der Waals surface area contributed by atoms with E-state index in [-0.39, 0.29) is 42.6 Å². The molecule has 1 unspecified atom stereocenters. The van der Waals surface area contributed by atoms with E-state index in [1.807, 2.05) is 73.7 Å². The average molecular weight is 662 g/mol. The highest BCUT2D eigenvalue weighted by Crippen LogP contribution is 2.44. The second-order valence-corrected chi connectivity index (χ2v) is 13.3. The largest absolute Gasteiger partial charge is 0.461 e. The average Bonchev–Trinajstić information content (AvgIpc) is 3.41. The maximum absolute atomic E-state index is 13.2. The molecule has 0 radical (unpaired) electrons. The standard InChI is InChI=1S/C39H35NO7S/c1-27-15-21-32(22-16-27)48(43,44)47-31-19-17-28(18-20-31)23-30(24-38(41)45-25-29-9-3-2-4-10-29)40-39(42)46-26-37-35-13-7-5-11-33(35)34-12-6-8-14-36(34)37/h2-22,30,37H,23-26H2,1H3,(H,40,42). The van der Waals surface area contributed by atoms with Crippen molar-refractivity contribution in [2.24, 2.45) is 0 Å². The molecule has 244 valence electrons. The van der Waals surface area contributed by atoms with Crippen LogP contribution in [0.15, 0.2) is 132 Å². The number of nitrogens with one attached hydrogen (secondary N) is 1. The number of fused-ring (bicyclic) bond motifs is 3. The molecule has 1 amide bonds. The summed E-state index contributed by atoms with van der Waals surface area (Å²) in [6.45, 7) is 2.11. The van der Waals surface area contributed by atoms with Gasteiger partial charge in [-0.2, -0.15) is 8.42 Å². The molecular weight excluding hydrogens is 626 g/mol. The van der Waals surface area contributed by atoms with Gasteiger partial charge in [0.05, 0.1) is 6.42 Å². The number of benzene rings is 5. The molecule has 0 saturated heterocycles. The number of amides is 1. The Hall–Kier alpha value is -5.41. The van der Waals surface area contributed by atoms with Gasteiger partial charge >= 0.3 is 22.2 Å². The first-order valence-electron chi connectivity index (χ1n) is 15.7. The van der Waals surface area contributed by atoms with Crippen LogP contribution >= 0.6 is 0 Å². The fourth-order valence-electron chi connectivity index (χ4n) is 5.82. The fraction of sp³-hybridized carbons (Fsp3) is 0.179. The molecule has 6 rings (SSSR count). The van der Waals surface area contributed by atoms with Crippen molar-refractivity contribution in [2.75, 3.05) is 6.61 Å². The molecule has 0 aliphatic heterocycles. The molecule has 1 aliphatic carbocycles. The highest BCUT2D eigenvalue weighted by Gasteiger charge is 2.29. The second-order valence-electron chi connectivity index (χ2n) is 11.7. The van der Waals surface area contributed by atoms with E-state index in [9.17, 15) is 18.0 Å². The van der Waals surface area contributed by atoms with Gasteiger partial charge in [-0.3, -0.25) is 4.79 Å². The molecular formula is C39H35NO7S. The number of ether oxygens (including phenoxy) is 2. The van der Waals surface area contributed by atoms with Crippen LogP contribution in [0, 0.1) is 6.92 Å². The highest BCUT2D eigenvalue weighted by atomic mass is 32.2. The summed E-state index contributed by atoms with van der Waals surface area (Å²) in [7, 11) is -4.01. The Labute approximate surface area is 280 Å². The number of carbonyl (C=O) groups excluding carboxylic acids is 2. The number of aryl methyl sites for hydroxylation is 1. The number of alkyl carbamates (subject to hydrolysis) is 1. The smallest absolute Gasteiger partial charge is 0.407 e. The van der Waals surface area contributed by atoms with Crippen molar-refractivity contribution in [3.05, 3.63) is 155 Å². The molecule has 9 heteroatoms. The maximum Gasteiger partial charge on any atom is 0.407 e. The zero-order valence-electron chi connectivity index (χ0n) is 26.4. The van der Waals surface area contributed by atoms with Gasteiger partial charge in [-0.15, -0.1) is 0 Å². The lowest BCUT2D eigenvalue weighted by atomic mass is 9.98. The summed E-state index contributed by atoms with van der Waals surface area (Å²) < 4.78 is 42.1. The normalized spacial score (nSPS) is 12.8. The Kier molecular flexibility index (Phi) is 9.87. The topological polar surface area (TPSA) is 108 Å². The third-order valence-corrected chi connectivity index (χ3v) is 9.50. The van der Waals surface area contributed by atoms with Crippen LogP contribution in [-0.2, 0) is 37.4 Å². The maximum atomic E-state index is 13.2. The molecule has 48 heavy (non-hydrogen) atoms. The number of rotatable bonds is 12. The van der Waals surface area contributed by atoms with E-state index in [4.69, 9.17) is 13.7 Å². The molecule has 0 bridgehead atoms. The summed E-state index contributed by atoms with van der Waals surface area (Å²) in [5.74, 6) is -0.448. The minimum Gasteiger partial charge on any atom is -0.461 e.